The lowest BCUT2D eigenvalue weighted by Crippen LogP contribution is -2.36. The van der Waals surface area contributed by atoms with Crippen LogP contribution >= 0.6 is 0 Å². The number of nitrogens with one attached hydrogen (secondary N) is 2. The van der Waals surface area contributed by atoms with Gasteiger partial charge in [-0.25, -0.2) is 9.97 Å². The van der Waals surface area contributed by atoms with Crippen molar-refractivity contribution < 1.29 is 9.59 Å². The molecule has 1 aliphatic heterocycles. The summed E-state index contributed by atoms with van der Waals surface area (Å²) < 4.78 is 0. The van der Waals surface area contributed by atoms with Gasteiger partial charge in [0.05, 0.1) is 28.8 Å². The molecule has 7 heteroatoms. The molecule has 0 unspecified atom stereocenters. The van der Waals surface area contributed by atoms with Crippen LogP contribution < -0.4 is 10.6 Å². The number of nitrogens with zero attached hydrogens (tertiary/aromatic N) is 3. The summed E-state index contributed by atoms with van der Waals surface area (Å²) in [5.41, 5.74) is 4.76. The first-order chi connectivity index (χ1) is 15.1. The lowest BCUT2D eigenvalue weighted by molar-refractivity contribution is -0.116. The Morgan fingerprint density at radius 1 is 1.06 bits per heavy atom. The number of anilines is 1. The lowest BCUT2D eigenvalue weighted by atomic mass is 9.77. The third kappa shape index (κ3) is 3.48. The summed E-state index contributed by atoms with van der Waals surface area (Å²) in [5.74, 6) is -0.395. The second-order valence-corrected chi connectivity index (χ2v) is 7.72. The molecule has 1 aromatic carbocycles. The molecule has 0 fully saturated rings. The number of aromatic nitrogens is 3. The maximum atomic E-state index is 13.4. The minimum absolute atomic E-state index is 0.0457. The lowest BCUT2D eigenvalue weighted by Gasteiger charge is -2.33. The smallest absolute Gasteiger partial charge is 0.255 e. The highest BCUT2D eigenvalue weighted by atomic mass is 16.2. The molecule has 0 saturated carbocycles. The SMILES string of the molecule is CC1=C(C(=O)Nc2ccccn2)[C@@H](c2cnc3ccccc3n2)C2=C(CCCC2=O)N1. The van der Waals surface area contributed by atoms with Crippen molar-refractivity contribution in [1.29, 1.82) is 0 Å². The number of fused-ring (bicyclic) bond motifs is 1. The summed E-state index contributed by atoms with van der Waals surface area (Å²) in [6, 6.07) is 12.9. The molecule has 0 saturated heterocycles. The fraction of sp³-hybridized carbons (Fsp3) is 0.208. The molecule has 31 heavy (non-hydrogen) atoms. The summed E-state index contributed by atoms with van der Waals surface area (Å²) in [6.45, 7) is 1.86. The second-order valence-electron chi connectivity index (χ2n) is 7.72. The number of amides is 1. The van der Waals surface area contributed by atoms with Crippen molar-refractivity contribution >= 4 is 28.5 Å². The first kappa shape index (κ1) is 19.1. The number of benzene rings is 1. The van der Waals surface area contributed by atoms with Gasteiger partial charge in [-0.3, -0.25) is 14.6 Å². The Labute approximate surface area is 179 Å². The van der Waals surface area contributed by atoms with Crippen LogP contribution in [0.15, 0.2) is 77.4 Å². The van der Waals surface area contributed by atoms with Gasteiger partial charge >= 0.3 is 0 Å². The van der Waals surface area contributed by atoms with Gasteiger partial charge in [0, 0.05) is 35.2 Å². The maximum Gasteiger partial charge on any atom is 0.255 e. The Hall–Kier alpha value is -3.87. The van der Waals surface area contributed by atoms with Gasteiger partial charge in [0.25, 0.3) is 5.91 Å². The highest BCUT2D eigenvalue weighted by Crippen LogP contribution is 2.41. The van der Waals surface area contributed by atoms with Crippen molar-refractivity contribution in [3.8, 4) is 0 Å². The van der Waals surface area contributed by atoms with Crippen LogP contribution in [0.1, 0.15) is 37.8 Å². The van der Waals surface area contributed by atoms with E-state index in [2.05, 4.69) is 20.6 Å². The van der Waals surface area contributed by atoms with E-state index in [-0.39, 0.29) is 11.7 Å². The van der Waals surface area contributed by atoms with Gasteiger partial charge in [0.2, 0.25) is 0 Å². The molecule has 1 atom stereocenters. The van der Waals surface area contributed by atoms with Crippen LogP contribution in [0.2, 0.25) is 0 Å². The molecule has 0 bridgehead atoms. The Morgan fingerprint density at radius 3 is 2.68 bits per heavy atom. The molecule has 2 aromatic heterocycles. The van der Waals surface area contributed by atoms with Crippen LogP contribution in [0.3, 0.4) is 0 Å². The predicted molar refractivity (Wildman–Crippen MR) is 117 cm³/mol. The maximum absolute atomic E-state index is 13.4. The van der Waals surface area contributed by atoms with E-state index >= 15 is 0 Å². The van der Waals surface area contributed by atoms with E-state index < -0.39 is 5.92 Å². The van der Waals surface area contributed by atoms with E-state index in [0.717, 1.165) is 29.6 Å². The van der Waals surface area contributed by atoms with Gasteiger partial charge in [-0.05, 0) is 44.0 Å². The molecule has 3 heterocycles. The number of dihydropyridines is 1. The summed E-state index contributed by atoms with van der Waals surface area (Å²) in [6.07, 6.45) is 5.32. The molecular formula is C24H21N5O2. The Bertz CT molecular complexity index is 1260. The van der Waals surface area contributed by atoms with E-state index in [4.69, 9.17) is 4.98 Å². The van der Waals surface area contributed by atoms with E-state index in [0.29, 0.717) is 34.8 Å². The topological polar surface area (TPSA) is 96.9 Å². The number of allylic oxidation sites excluding steroid dienone is 3. The standard InChI is InChI=1S/C24H21N5O2/c1-14-21(24(31)29-20-11-4-5-12-25-20)23(22-17(27-14)9-6-10-19(22)30)18-13-26-15-7-2-3-8-16(15)28-18/h2-5,7-8,11-13,23,27H,6,9-10H2,1H3,(H,25,29,31)/t23-/m1/s1. The quantitative estimate of drug-likeness (QED) is 0.683. The normalized spacial score (nSPS) is 18.6. The second kappa shape index (κ2) is 7.75. The molecule has 2 N–H and O–H groups in total. The number of rotatable bonds is 3. The number of para-hydroxylation sites is 2. The first-order valence-corrected chi connectivity index (χ1v) is 10.3. The van der Waals surface area contributed by atoms with Crippen molar-refractivity contribution in [3.05, 3.63) is 83.1 Å². The highest BCUT2D eigenvalue weighted by Gasteiger charge is 2.39. The molecule has 7 nitrogen and oxygen atoms in total. The zero-order valence-electron chi connectivity index (χ0n) is 17.1. The van der Waals surface area contributed by atoms with E-state index in [1.54, 1.807) is 30.6 Å². The van der Waals surface area contributed by atoms with Crippen molar-refractivity contribution in [2.75, 3.05) is 5.32 Å². The average Bonchev–Trinajstić information content (AvgIpc) is 2.78. The number of carbonyl (C=O) groups excluding carboxylic acids is 2. The summed E-state index contributed by atoms with van der Waals surface area (Å²) in [4.78, 5) is 39.9. The molecule has 2 aliphatic rings. The third-order valence-corrected chi connectivity index (χ3v) is 5.69. The largest absolute Gasteiger partial charge is 0.362 e. The number of pyridine rings is 1. The monoisotopic (exact) mass is 411 g/mol. The first-order valence-electron chi connectivity index (χ1n) is 10.3. The summed E-state index contributed by atoms with van der Waals surface area (Å²) in [7, 11) is 0. The molecule has 0 radical (unpaired) electrons. The van der Waals surface area contributed by atoms with E-state index in [9.17, 15) is 9.59 Å². The van der Waals surface area contributed by atoms with Gasteiger partial charge in [0.1, 0.15) is 5.82 Å². The van der Waals surface area contributed by atoms with Crippen molar-refractivity contribution in [3.63, 3.8) is 0 Å². The highest BCUT2D eigenvalue weighted by molar-refractivity contribution is 6.09. The summed E-state index contributed by atoms with van der Waals surface area (Å²) in [5, 5.41) is 6.17. The Balaban J connectivity index is 1.64. The molecule has 1 aliphatic carbocycles. The van der Waals surface area contributed by atoms with Crippen LogP contribution in [0.25, 0.3) is 11.0 Å². The third-order valence-electron chi connectivity index (χ3n) is 5.69. The van der Waals surface area contributed by atoms with Crippen molar-refractivity contribution in [2.45, 2.75) is 32.1 Å². The molecule has 1 amide bonds. The van der Waals surface area contributed by atoms with E-state index in [1.165, 1.54) is 0 Å². The zero-order chi connectivity index (χ0) is 21.4. The van der Waals surface area contributed by atoms with Gasteiger partial charge < -0.3 is 10.6 Å². The van der Waals surface area contributed by atoms with Gasteiger partial charge in [-0.1, -0.05) is 18.2 Å². The number of ketones is 1. The molecule has 5 rings (SSSR count). The van der Waals surface area contributed by atoms with E-state index in [1.807, 2.05) is 31.2 Å². The zero-order valence-corrected chi connectivity index (χ0v) is 17.1. The van der Waals surface area contributed by atoms with Gasteiger partial charge in [0.15, 0.2) is 5.78 Å². The molecular weight excluding hydrogens is 390 g/mol. The number of carbonyl (C=O) groups is 2. The molecule has 0 spiro atoms. The minimum atomic E-state index is -0.579. The number of Topliss-reactive ketones (excluding diaryl/α,β-unsaturated/α-hetero) is 1. The molecule has 3 aromatic rings. The molecule has 154 valence electrons. The van der Waals surface area contributed by atoms with Crippen molar-refractivity contribution in [1.82, 2.24) is 20.3 Å². The van der Waals surface area contributed by atoms with Gasteiger partial charge in [-0.2, -0.15) is 0 Å². The van der Waals surface area contributed by atoms with Gasteiger partial charge in [-0.15, -0.1) is 0 Å². The van der Waals surface area contributed by atoms with Crippen molar-refractivity contribution in [2.24, 2.45) is 0 Å². The Kier molecular flexibility index (Phi) is 4.78. The number of hydrogen-bond donors (Lipinski definition) is 2. The van der Waals surface area contributed by atoms with Crippen LogP contribution in [0.5, 0.6) is 0 Å². The Morgan fingerprint density at radius 2 is 1.87 bits per heavy atom. The predicted octanol–water partition coefficient (Wildman–Crippen LogP) is 3.63. The average molecular weight is 411 g/mol. The minimum Gasteiger partial charge on any atom is -0.362 e. The fourth-order valence-corrected chi connectivity index (χ4v) is 4.31. The van der Waals surface area contributed by atoms with Crippen LogP contribution in [0, 0.1) is 0 Å². The number of hydrogen-bond acceptors (Lipinski definition) is 6. The van der Waals surface area contributed by atoms with Crippen LogP contribution in [-0.2, 0) is 9.59 Å². The van der Waals surface area contributed by atoms with Crippen LogP contribution in [0.4, 0.5) is 5.82 Å². The van der Waals surface area contributed by atoms with Crippen LogP contribution in [-0.4, -0.2) is 26.6 Å². The fourth-order valence-electron chi connectivity index (χ4n) is 4.31. The summed E-state index contributed by atoms with van der Waals surface area (Å²) >= 11 is 0.